The summed E-state index contributed by atoms with van der Waals surface area (Å²) in [6.07, 6.45) is 0. The highest BCUT2D eigenvalue weighted by Gasteiger charge is 2.11. The van der Waals surface area contributed by atoms with E-state index in [4.69, 9.17) is 11.6 Å². The summed E-state index contributed by atoms with van der Waals surface area (Å²) in [7, 11) is 0. The van der Waals surface area contributed by atoms with Gasteiger partial charge >= 0.3 is 0 Å². The van der Waals surface area contributed by atoms with Crippen molar-refractivity contribution in [1.29, 1.82) is 0 Å². The number of hydrogen-bond acceptors (Lipinski definition) is 2. The Balaban J connectivity index is 2.18. The van der Waals surface area contributed by atoms with Crippen molar-refractivity contribution in [1.82, 2.24) is 0 Å². The molecule has 17 heavy (non-hydrogen) atoms. The average Bonchev–Trinajstić information content (AvgIpc) is 2.69. The summed E-state index contributed by atoms with van der Waals surface area (Å²) in [5.74, 6) is -0.900. The Morgan fingerprint density at radius 2 is 2.18 bits per heavy atom. The lowest BCUT2D eigenvalue weighted by molar-refractivity contribution is 0.103. The molecule has 0 aliphatic heterocycles. The minimum absolute atomic E-state index is 0.115. The molecule has 1 aromatic carbocycles. The molecule has 0 fully saturated rings. The quantitative estimate of drug-likeness (QED) is 0.857. The number of anilines is 1. The fourth-order valence-electron chi connectivity index (χ4n) is 1.21. The molecule has 1 N–H and O–H groups in total. The molecule has 0 unspecified atom stereocenters. The van der Waals surface area contributed by atoms with Gasteiger partial charge in [-0.2, -0.15) is 0 Å². The fraction of sp³-hybridized carbons (Fsp3) is 0. The second-order valence-corrected chi connectivity index (χ2v) is 5.47. The molecular formula is C11H6BrClFNOS. The lowest BCUT2D eigenvalue weighted by Gasteiger charge is -2.04. The molecule has 0 spiro atoms. The number of nitrogens with one attached hydrogen (secondary N) is 1. The van der Waals surface area contributed by atoms with Gasteiger partial charge in [0.2, 0.25) is 0 Å². The van der Waals surface area contributed by atoms with E-state index in [0.29, 0.717) is 9.90 Å². The van der Waals surface area contributed by atoms with Crippen molar-refractivity contribution in [3.05, 3.63) is 49.8 Å². The van der Waals surface area contributed by atoms with Gasteiger partial charge in [-0.25, -0.2) is 4.39 Å². The van der Waals surface area contributed by atoms with Gasteiger partial charge in [-0.05, 0) is 40.2 Å². The van der Waals surface area contributed by atoms with Crippen LogP contribution in [0.4, 0.5) is 10.1 Å². The van der Waals surface area contributed by atoms with E-state index in [-0.39, 0.29) is 11.6 Å². The van der Waals surface area contributed by atoms with Gasteiger partial charge in [-0.1, -0.05) is 11.6 Å². The topological polar surface area (TPSA) is 29.1 Å². The van der Waals surface area contributed by atoms with Crippen LogP contribution in [0.1, 0.15) is 9.67 Å². The molecule has 6 heteroatoms. The van der Waals surface area contributed by atoms with Gasteiger partial charge in [0.25, 0.3) is 5.91 Å². The Morgan fingerprint density at radius 3 is 2.76 bits per heavy atom. The van der Waals surface area contributed by atoms with Gasteiger partial charge in [0.1, 0.15) is 5.82 Å². The molecule has 1 amide bonds. The first-order chi connectivity index (χ1) is 8.06. The number of carbonyl (C=O) groups is 1. The molecular weight excluding hydrogens is 329 g/mol. The summed E-state index contributed by atoms with van der Waals surface area (Å²) >= 11 is 10.1. The number of rotatable bonds is 2. The van der Waals surface area contributed by atoms with Crippen LogP contribution in [0.2, 0.25) is 5.02 Å². The van der Waals surface area contributed by atoms with Gasteiger partial charge in [-0.3, -0.25) is 4.79 Å². The maximum atomic E-state index is 13.4. The smallest absolute Gasteiger partial charge is 0.265 e. The fourth-order valence-corrected chi connectivity index (χ4v) is 2.69. The number of benzene rings is 1. The Morgan fingerprint density at radius 1 is 1.41 bits per heavy atom. The standard InChI is InChI=1S/C11H6BrClFNOS/c12-6-3-10(17-5-6)11(16)15-9-2-1-7(13)4-8(9)14/h1-5H,(H,15,16). The van der Waals surface area contributed by atoms with E-state index in [9.17, 15) is 9.18 Å². The molecule has 2 aromatic rings. The molecule has 0 atom stereocenters. The second-order valence-electron chi connectivity index (χ2n) is 3.21. The first kappa shape index (κ1) is 12.5. The second kappa shape index (κ2) is 5.16. The predicted molar refractivity (Wildman–Crippen MR) is 71.4 cm³/mol. The highest BCUT2D eigenvalue weighted by atomic mass is 79.9. The zero-order chi connectivity index (χ0) is 12.4. The minimum atomic E-state index is -0.554. The zero-order valence-electron chi connectivity index (χ0n) is 8.34. The third kappa shape index (κ3) is 3.06. The summed E-state index contributed by atoms with van der Waals surface area (Å²) < 4.78 is 14.3. The summed E-state index contributed by atoms with van der Waals surface area (Å²) in [4.78, 5) is 12.2. The third-order valence-electron chi connectivity index (χ3n) is 1.97. The number of thiophene rings is 1. The predicted octanol–water partition coefficient (Wildman–Crippen LogP) is 4.56. The molecule has 2 rings (SSSR count). The van der Waals surface area contributed by atoms with Crippen molar-refractivity contribution in [2.45, 2.75) is 0 Å². The molecule has 0 radical (unpaired) electrons. The molecule has 0 saturated heterocycles. The zero-order valence-corrected chi connectivity index (χ0v) is 11.5. The molecule has 0 saturated carbocycles. The van der Waals surface area contributed by atoms with E-state index in [2.05, 4.69) is 21.2 Å². The Bertz CT molecular complexity index is 572. The van der Waals surface area contributed by atoms with Gasteiger partial charge in [0.15, 0.2) is 0 Å². The Kier molecular flexibility index (Phi) is 3.81. The van der Waals surface area contributed by atoms with Crippen molar-refractivity contribution >= 4 is 50.5 Å². The molecule has 2 nitrogen and oxygen atoms in total. The summed E-state index contributed by atoms with van der Waals surface area (Å²) in [6.45, 7) is 0. The molecule has 0 aliphatic carbocycles. The SMILES string of the molecule is O=C(Nc1ccc(Cl)cc1F)c1cc(Br)cs1. The number of hydrogen-bond donors (Lipinski definition) is 1. The van der Waals surface area contributed by atoms with E-state index < -0.39 is 5.82 Å². The van der Waals surface area contributed by atoms with Crippen LogP contribution in [0.5, 0.6) is 0 Å². The van der Waals surface area contributed by atoms with Crippen LogP contribution in [0.3, 0.4) is 0 Å². The van der Waals surface area contributed by atoms with Crippen molar-refractivity contribution in [3.8, 4) is 0 Å². The van der Waals surface area contributed by atoms with Crippen LogP contribution < -0.4 is 5.32 Å². The first-order valence-corrected chi connectivity index (χ1v) is 6.62. The number of amides is 1. The summed E-state index contributed by atoms with van der Waals surface area (Å²) in [5.41, 5.74) is 0.115. The monoisotopic (exact) mass is 333 g/mol. The van der Waals surface area contributed by atoms with Crippen LogP contribution in [0.25, 0.3) is 0 Å². The van der Waals surface area contributed by atoms with Crippen LogP contribution in [0, 0.1) is 5.82 Å². The molecule has 1 heterocycles. The largest absolute Gasteiger partial charge is 0.319 e. The third-order valence-corrected chi connectivity index (χ3v) is 3.90. The Hall–Kier alpha value is -0.910. The van der Waals surface area contributed by atoms with E-state index in [0.717, 1.165) is 10.5 Å². The Labute approximate surface area is 115 Å². The van der Waals surface area contributed by atoms with Gasteiger partial charge in [-0.15, -0.1) is 11.3 Å². The van der Waals surface area contributed by atoms with Crippen molar-refractivity contribution in [2.24, 2.45) is 0 Å². The average molecular weight is 335 g/mol. The number of carbonyl (C=O) groups excluding carboxylic acids is 1. The van der Waals surface area contributed by atoms with Crippen molar-refractivity contribution in [2.75, 3.05) is 5.32 Å². The van der Waals surface area contributed by atoms with E-state index in [1.54, 1.807) is 11.4 Å². The van der Waals surface area contributed by atoms with Crippen LogP contribution in [0.15, 0.2) is 34.1 Å². The van der Waals surface area contributed by atoms with Crippen LogP contribution >= 0.6 is 38.9 Å². The highest BCUT2D eigenvalue weighted by molar-refractivity contribution is 9.10. The summed E-state index contributed by atoms with van der Waals surface area (Å²) in [6, 6.07) is 5.78. The van der Waals surface area contributed by atoms with Crippen molar-refractivity contribution in [3.63, 3.8) is 0 Å². The minimum Gasteiger partial charge on any atom is -0.319 e. The normalized spacial score (nSPS) is 10.3. The maximum absolute atomic E-state index is 13.4. The molecule has 0 aliphatic rings. The van der Waals surface area contributed by atoms with E-state index in [1.807, 2.05) is 0 Å². The maximum Gasteiger partial charge on any atom is 0.265 e. The van der Waals surface area contributed by atoms with E-state index >= 15 is 0 Å². The van der Waals surface area contributed by atoms with Gasteiger partial charge in [0.05, 0.1) is 10.6 Å². The van der Waals surface area contributed by atoms with Crippen molar-refractivity contribution < 1.29 is 9.18 Å². The summed E-state index contributed by atoms with van der Waals surface area (Å²) in [5, 5.41) is 4.56. The van der Waals surface area contributed by atoms with E-state index in [1.165, 1.54) is 23.5 Å². The van der Waals surface area contributed by atoms with Crippen LogP contribution in [-0.2, 0) is 0 Å². The van der Waals surface area contributed by atoms with Gasteiger partial charge < -0.3 is 5.32 Å². The van der Waals surface area contributed by atoms with Gasteiger partial charge in [0, 0.05) is 14.9 Å². The molecule has 88 valence electrons. The lowest BCUT2D eigenvalue weighted by Crippen LogP contribution is -2.11. The number of halogens is 3. The first-order valence-electron chi connectivity index (χ1n) is 4.56. The molecule has 1 aromatic heterocycles. The van der Waals surface area contributed by atoms with Crippen LogP contribution in [-0.4, -0.2) is 5.91 Å². The lowest BCUT2D eigenvalue weighted by atomic mass is 10.3. The highest BCUT2D eigenvalue weighted by Crippen LogP contribution is 2.23. The molecule has 0 bridgehead atoms.